The maximum absolute atomic E-state index is 12.2. The lowest BCUT2D eigenvalue weighted by atomic mass is 10.3. The molecule has 0 aliphatic carbocycles. The van der Waals surface area contributed by atoms with Gasteiger partial charge in [-0.25, -0.2) is 18.5 Å². The molecule has 1 aromatic rings. The highest BCUT2D eigenvalue weighted by molar-refractivity contribution is 6.20. The number of rotatable bonds is 3. The molecule has 6 nitrogen and oxygen atoms in total. The summed E-state index contributed by atoms with van der Waals surface area (Å²) in [4.78, 5) is 25.9. The van der Waals surface area contributed by atoms with Crippen LogP contribution < -0.4 is 4.90 Å². The average Bonchev–Trinajstić information content (AvgIpc) is 2.80. The Morgan fingerprint density at radius 2 is 2.11 bits per heavy atom. The highest BCUT2D eigenvalue weighted by Gasteiger charge is 2.41. The Balaban J connectivity index is 2.24. The Morgan fingerprint density at radius 1 is 1.44 bits per heavy atom. The fraction of sp³-hybridized carbons (Fsp3) is 0.500. The highest BCUT2D eigenvalue weighted by atomic mass is 19.3. The summed E-state index contributed by atoms with van der Waals surface area (Å²) in [5, 5.41) is 3.69. The van der Waals surface area contributed by atoms with Gasteiger partial charge in [-0.3, -0.25) is 9.48 Å². The third kappa shape index (κ3) is 1.93. The van der Waals surface area contributed by atoms with Crippen LogP contribution in [0.5, 0.6) is 0 Å². The fourth-order valence-corrected chi connectivity index (χ4v) is 1.72. The minimum atomic E-state index is -2.54. The molecule has 0 bridgehead atoms. The first-order valence-corrected chi connectivity index (χ1v) is 5.33. The topological polar surface area (TPSA) is 58.4 Å². The SMILES string of the molecule is C[C@@H]1C(=O)N(c2cnn(CC(F)F)c2)C(=O)N1C. The second-order valence-corrected chi connectivity index (χ2v) is 4.05. The molecule has 8 heteroatoms. The molecular weight excluding hydrogens is 246 g/mol. The lowest BCUT2D eigenvalue weighted by molar-refractivity contribution is -0.119. The molecule has 0 radical (unpaired) electrons. The van der Waals surface area contributed by atoms with Crippen LogP contribution in [0.3, 0.4) is 0 Å². The number of hydrogen-bond acceptors (Lipinski definition) is 3. The number of hydrogen-bond donors (Lipinski definition) is 0. The molecule has 2 heterocycles. The van der Waals surface area contributed by atoms with Gasteiger partial charge in [0.15, 0.2) is 0 Å². The summed E-state index contributed by atoms with van der Waals surface area (Å²) >= 11 is 0. The van der Waals surface area contributed by atoms with Crippen LogP contribution >= 0.6 is 0 Å². The summed E-state index contributed by atoms with van der Waals surface area (Å²) in [5.41, 5.74) is 0.210. The van der Waals surface area contributed by atoms with Gasteiger partial charge in [0.2, 0.25) is 0 Å². The van der Waals surface area contributed by atoms with Crippen molar-refractivity contribution in [2.45, 2.75) is 25.9 Å². The average molecular weight is 258 g/mol. The van der Waals surface area contributed by atoms with Crippen LogP contribution in [0.25, 0.3) is 0 Å². The van der Waals surface area contributed by atoms with E-state index in [1.807, 2.05) is 0 Å². The second-order valence-electron chi connectivity index (χ2n) is 4.05. The summed E-state index contributed by atoms with van der Waals surface area (Å²) < 4.78 is 25.3. The molecule has 2 rings (SSSR count). The van der Waals surface area contributed by atoms with E-state index in [0.29, 0.717) is 0 Å². The van der Waals surface area contributed by atoms with Crippen LogP contribution in [0.15, 0.2) is 12.4 Å². The van der Waals surface area contributed by atoms with E-state index < -0.39 is 25.0 Å². The summed E-state index contributed by atoms with van der Waals surface area (Å²) in [6, 6.07) is -1.04. The molecule has 1 fully saturated rings. The molecule has 1 atom stereocenters. The number of nitrogens with zero attached hydrogens (tertiary/aromatic N) is 4. The summed E-state index contributed by atoms with van der Waals surface area (Å²) in [6.45, 7) is 1.03. The molecule has 1 aliphatic rings. The lowest BCUT2D eigenvalue weighted by Gasteiger charge is -2.11. The second kappa shape index (κ2) is 4.35. The molecular formula is C10H12F2N4O2. The van der Waals surface area contributed by atoms with E-state index in [4.69, 9.17) is 0 Å². The lowest BCUT2D eigenvalue weighted by Crippen LogP contribution is -2.31. The predicted octanol–water partition coefficient (Wildman–Crippen LogP) is 0.935. The first-order chi connectivity index (χ1) is 8.41. The van der Waals surface area contributed by atoms with Crippen molar-refractivity contribution in [2.24, 2.45) is 0 Å². The highest BCUT2D eigenvalue weighted by Crippen LogP contribution is 2.23. The molecule has 0 spiro atoms. The molecule has 3 amide bonds. The zero-order valence-corrected chi connectivity index (χ0v) is 9.88. The van der Waals surface area contributed by atoms with E-state index in [2.05, 4.69) is 5.10 Å². The van der Waals surface area contributed by atoms with E-state index >= 15 is 0 Å². The van der Waals surface area contributed by atoms with Gasteiger partial charge < -0.3 is 4.90 Å². The van der Waals surface area contributed by atoms with Gasteiger partial charge in [0.1, 0.15) is 12.6 Å². The fourth-order valence-electron chi connectivity index (χ4n) is 1.72. The van der Waals surface area contributed by atoms with Crippen molar-refractivity contribution in [1.29, 1.82) is 0 Å². The number of amides is 3. The van der Waals surface area contributed by atoms with Crippen molar-refractivity contribution in [3.05, 3.63) is 12.4 Å². The van der Waals surface area contributed by atoms with Gasteiger partial charge in [0.05, 0.1) is 11.9 Å². The molecule has 1 aromatic heterocycles. The number of likely N-dealkylation sites (N-methyl/N-ethyl adjacent to an activating group) is 1. The maximum atomic E-state index is 12.2. The summed E-state index contributed by atoms with van der Waals surface area (Å²) in [5.74, 6) is -0.390. The van der Waals surface area contributed by atoms with Crippen LogP contribution in [0, 0.1) is 0 Å². The third-order valence-corrected chi connectivity index (χ3v) is 2.85. The zero-order chi connectivity index (χ0) is 13.4. The largest absolute Gasteiger partial charge is 0.331 e. The van der Waals surface area contributed by atoms with Gasteiger partial charge >= 0.3 is 6.03 Å². The Hall–Kier alpha value is -1.99. The quantitative estimate of drug-likeness (QED) is 0.758. The van der Waals surface area contributed by atoms with Gasteiger partial charge in [0, 0.05) is 13.2 Å². The number of aromatic nitrogens is 2. The number of imide groups is 1. The first kappa shape index (κ1) is 12.5. The summed E-state index contributed by atoms with van der Waals surface area (Å²) in [6.07, 6.45) is -0.0536. The van der Waals surface area contributed by atoms with E-state index in [0.717, 1.165) is 9.58 Å². The van der Waals surface area contributed by atoms with Crippen molar-refractivity contribution < 1.29 is 18.4 Å². The van der Waals surface area contributed by atoms with Gasteiger partial charge in [0.25, 0.3) is 12.3 Å². The van der Waals surface area contributed by atoms with Gasteiger partial charge in [-0.05, 0) is 6.92 Å². The van der Waals surface area contributed by atoms with E-state index in [1.54, 1.807) is 6.92 Å². The van der Waals surface area contributed by atoms with Crippen molar-refractivity contribution in [3.8, 4) is 0 Å². The third-order valence-electron chi connectivity index (χ3n) is 2.85. The maximum Gasteiger partial charge on any atom is 0.331 e. The first-order valence-electron chi connectivity index (χ1n) is 5.33. The molecule has 0 N–H and O–H groups in total. The van der Waals surface area contributed by atoms with Crippen LogP contribution in [-0.2, 0) is 11.3 Å². The summed E-state index contributed by atoms with van der Waals surface area (Å²) in [7, 11) is 1.51. The smallest absolute Gasteiger partial charge is 0.315 e. The van der Waals surface area contributed by atoms with Crippen molar-refractivity contribution in [1.82, 2.24) is 14.7 Å². The predicted molar refractivity (Wildman–Crippen MR) is 58.3 cm³/mol. The number of alkyl halides is 2. The van der Waals surface area contributed by atoms with Crippen LogP contribution in [-0.4, -0.2) is 46.1 Å². The molecule has 0 unspecified atom stereocenters. The van der Waals surface area contributed by atoms with Gasteiger partial charge in [-0.15, -0.1) is 0 Å². The molecule has 1 aliphatic heterocycles. The minimum absolute atomic E-state index is 0.210. The molecule has 18 heavy (non-hydrogen) atoms. The molecule has 0 aromatic carbocycles. The number of urea groups is 1. The van der Waals surface area contributed by atoms with Crippen LogP contribution in [0.4, 0.5) is 19.3 Å². The van der Waals surface area contributed by atoms with Crippen molar-refractivity contribution in [3.63, 3.8) is 0 Å². The van der Waals surface area contributed by atoms with Crippen LogP contribution in [0.2, 0.25) is 0 Å². The minimum Gasteiger partial charge on any atom is -0.315 e. The zero-order valence-electron chi connectivity index (χ0n) is 9.88. The Kier molecular flexibility index (Phi) is 3.02. The standard InChI is InChI=1S/C10H12F2N4O2/c1-6-9(17)16(10(18)14(6)2)7-3-13-15(4-7)5-8(11)12/h3-4,6,8H,5H2,1-2H3/t6-/m1/s1. The number of carbonyl (C=O) groups excluding carboxylic acids is 2. The van der Waals surface area contributed by atoms with E-state index in [1.165, 1.54) is 24.3 Å². The normalized spacial score (nSPS) is 20.4. The van der Waals surface area contributed by atoms with Crippen LogP contribution in [0.1, 0.15) is 6.92 Å². The molecule has 98 valence electrons. The van der Waals surface area contributed by atoms with E-state index in [9.17, 15) is 18.4 Å². The number of anilines is 1. The Bertz CT molecular complexity index is 468. The van der Waals surface area contributed by atoms with Crippen molar-refractivity contribution in [2.75, 3.05) is 11.9 Å². The molecule has 0 saturated carbocycles. The van der Waals surface area contributed by atoms with E-state index in [-0.39, 0.29) is 11.6 Å². The monoisotopic (exact) mass is 258 g/mol. The number of halogens is 2. The molecule has 1 saturated heterocycles. The van der Waals surface area contributed by atoms with Gasteiger partial charge in [-0.2, -0.15) is 5.10 Å². The van der Waals surface area contributed by atoms with Gasteiger partial charge in [-0.1, -0.05) is 0 Å². The Morgan fingerprint density at radius 3 is 2.61 bits per heavy atom. The van der Waals surface area contributed by atoms with Crippen molar-refractivity contribution >= 4 is 17.6 Å². The number of carbonyl (C=O) groups is 2. The Labute approximate surface area is 102 Å².